The third kappa shape index (κ3) is 3.43. The summed E-state index contributed by atoms with van der Waals surface area (Å²) < 4.78 is 5.05. The molecule has 7 heteroatoms. The summed E-state index contributed by atoms with van der Waals surface area (Å²) in [5.41, 5.74) is 1.42. The smallest absolute Gasteiger partial charge is 0.322 e. The molecule has 1 heterocycles. The molecule has 3 N–H and O–H groups in total. The Morgan fingerprint density at radius 3 is 2.50 bits per heavy atom. The highest BCUT2D eigenvalue weighted by Crippen LogP contribution is 2.26. The van der Waals surface area contributed by atoms with Crippen LogP contribution >= 0.6 is 0 Å². The molecule has 0 aromatic heterocycles. The molecule has 7 nitrogen and oxygen atoms in total. The fraction of sp³-hybridized carbons (Fsp3) is 0.211. The standard InChI is InChI=1S/C19H19N3O4/c1-19(17(24)21-18(25)22-19)14-4-3-5-15(10-14)20-16(23)13-8-6-12(7-9-13)11-26-2/h3-10H,11H2,1-2H3,(H,20,23)(H2,21,22,24,25)/t19-/m1/s1. The van der Waals surface area contributed by atoms with E-state index in [-0.39, 0.29) is 5.91 Å². The summed E-state index contributed by atoms with van der Waals surface area (Å²) in [6, 6.07) is 13.4. The Kier molecular flexibility index (Phi) is 4.73. The number of methoxy groups -OCH3 is 1. The van der Waals surface area contributed by atoms with Crippen LogP contribution in [0.5, 0.6) is 0 Å². The second-order valence-electron chi connectivity index (χ2n) is 6.20. The number of urea groups is 1. The SMILES string of the molecule is COCc1ccc(C(=O)Nc2cccc([C@@]3(C)NC(=O)NC3=O)c2)cc1. The molecule has 0 bridgehead atoms. The Morgan fingerprint density at radius 1 is 1.15 bits per heavy atom. The molecule has 2 aromatic carbocycles. The van der Waals surface area contributed by atoms with E-state index in [1.54, 1.807) is 50.4 Å². The number of hydrogen-bond acceptors (Lipinski definition) is 4. The van der Waals surface area contributed by atoms with Gasteiger partial charge in [-0.3, -0.25) is 14.9 Å². The number of anilines is 1. The molecule has 4 amide bonds. The number of carbonyl (C=O) groups is 3. The zero-order valence-corrected chi connectivity index (χ0v) is 14.5. The van der Waals surface area contributed by atoms with Crippen LogP contribution in [0.1, 0.15) is 28.4 Å². The highest BCUT2D eigenvalue weighted by atomic mass is 16.5. The van der Waals surface area contributed by atoms with Gasteiger partial charge < -0.3 is 15.4 Å². The molecule has 3 rings (SSSR count). The van der Waals surface area contributed by atoms with E-state index in [1.807, 2.05) is 12.1 Å². The number of benzene rings is 2. The molecule has 134 valence electrons. The van der Waals surface area contributed by atoms with Crippen molar-refractivity contribution >= 4 is 23.5 Å². The number of nitrogens with one attached hydrogen (secondary N) is 3. The first-order chi connectivity index (χ1) is 12.4. The minimum atomic E-state index is -1.17. The lowest BCUT2D eigenvalue weighted by Crippen LogP contribution is -2.40. The molecule has 2 aromatic rings. The molecule has 1 fully saturated rings. The molecule has 0 aliphatic carbocycles. The van der Waals surface area contributed by atoms with Gasteiger partial charge in [0, 0.05) is 18.4 Å². The number of imide groups is 1. The minimum Gasteiger partial charge on any atom is -0.380 e. The number of carbonyl (C=O) groups excluding carboxylic acids is 3. The summed E-state index contributed by atoms with van der Waals surface area (Å²) in [5, 5.41) is 7.63. The highest BCUT2D eigenvalue weighted by molar-refractivity contribution is 6.07. The van der Waals surface area contributed by atoms with Gasteiger partial charge in [-0.1, -0.05) is 24.3 Å². The Labute approximate surface area is 150 Å². The maximum atomic E-state index is 12.4. The Morgan fingerprint density at radius 2 is 1.88 bits per heavy atom. The van der Waals surface area contributed by atoms with E-state index < -0.39 is 17.5 Å². The van der Waals surface area contributed by atoms with Crippen LogP contribution < -0.4 is 16.0 Å². The first-order valence-corrected chi connectivity index (χ1v) is 8.06. The van der Waals surface area contributed by atoms with Gasteiger partial charge >= 0.3 is 6.03 Å². The average molecular weight is 353 g/mol. The Balaban J connectivity index is 1.77. The third-order valence-corrected chi connectivity index (χ3v) is 4.27. The van der Waals surface area contributed by atoms with Gasteiger partial charge in [0.15, 0.2) is 0 Å². The lowest BCUT2D eigenvalue weighted by molar-refractivity contribution is -0.123. The van der Waals surface area contributed by atoms with Gasteiger partial charge in [0.2, 0.25) is 0 Å². The maximum absolute atomic E-state index is 12.4. The average Bonchev–Trinajstić information content (AvgIpc) is 2.89. The number of ether oxygens (including phenoxy) is 1. The highest BCUT2D eigenvalue weighted by Gasteiger charge is 2.43. The molecular weight excluding hydrogens is 334 g/mol. The number of amides is 4. The first kappa shape index (κ1) is 17.6. The van der Waals surface area contributed by atoms with Crippen LogP contribution in [0, 0.1) is 0 Å². The normalized spacial score (nSPS) is 19.0. The zero-order valence-electron chi connectivity index (χ0n) is 14.5. The van der Waals surface area contributed by atoms with Crippen LogP contribution in [0.3, 0.4) is 0 Å². The van der Waals surface area contributed by atoms with Gasteiger partial charge in [0.25, 0.3) is 11.8 Å². The van der Waals surface area contributed by atoms with Crippen LogP contribution in [0.2, 0.25) is 0 Å². The topological polar surface area (TPSA) is 96.5 Å². The quantitative estimate of drug-likeness (QED) is 0.718. The number of rotatable bonds is 5. The molecule has 0 unspecified atom stereocenters. The molecule has 1 atom stereocenters. The molecule has 1 aliphatic heterocycles. The summed E-state index contributed by atoms with van der Waals surface area (Å²) in [4.78, 5) is 35.9. The summed E-state index contributed by atoms with van der Waals surface area (Å²) in [6.45, 7) is 2.10. The fourth-order valence-electron chi connectivity index (χ4n) is 2.78. The van der Waals surface area contributed by atoms with E-state index in [0.29, 0.717) is 23.4 Å². The van der Waals surface area contributed by atoms with Gasteiger partial charge in [-0.05, 0) is 42.3 Å². The van der Waals surface area contributed by atoms with Crippen LogP contribution in [-0.4, -0.2) is 25.0 Å². The molecule has 26 heavy (non-hydrogen) atoms. The van der Waals surface area contributed by atoms with Gasteiger partial charge in [0.05, 0.1) is 6.61 Å². The van der Waals surface area contributed by atoms with Crippen molar-refractivity contribution in [3.05, 3.63) is 65.2 Å². The molecule has 0 saturated carbocycles. The first-order valence-electron chi connectivity index (χ1n) is 8.06. The van der Waals surface area contributed by atoms with Crippen molar-refractivity contribution in [3.8, 4) is 0 Å². The predicted molar refractivity (Wildman–Crippen MR) is 95.6 cm³/mol. The van der Waals surface area contributed by atoms with Gasteiger partial charge in [-0.25, -0.2) is 4.79 Å². The lowest BCUT2D eigenvalue weighted by atomic mass is 9.92. The Hall–Kier alpha value is -3.19. The van der Waals surface area contributed by atoms with Crippen LogP contribution in [-0.2, 0) is 21.7 Å². The van der Waals surface area contributed by atoms with Crippen molar-refractivity contribution in [1.29, 1.82) is 0 Å². The summed E-state index contributed by atoms with van der Waals surface area (Å²) >= 11 is 0. The lowest BCUT2D eigenvalue weighted by Gasteiger charge is -2.21. The molecule has 0 spiro atoms. The fourth-order valence-corrected chi connectivity index (χ4v) is 2.78. The van der Waals surface area contributed by atoms with Crippen molar-refractivity contribution in [1.82, 2.24) is 10.6 Å². The summed E-state index contributed by atoms with van der Waals surface area (Å²) in [5.74, 6) is -0.698. The second kappa shape index (κ2) is 6.97. The van der Waals surface area contributed by atoms with Gasteiger partial charge in [-0.15, -0.1) is 0 Å². The van der Waals surface area contributed by atoms with Crippen LogP contribution in [0.15, 0.2) is 48.5 Å². The largest absolute Gasteiger partial charge is 0.380 e. The van der Waals surface area contributed by atoms with Crippen molar-refractivity contribution < 1.29 is 19.1 Å². The van der Waals surface area contributed by atoms with Crippen LogP contribution in [0.4, 0.5) is 10.5 Å². The number of hydrogen-bond donors (Lipinski definition) is 3. The Bertz CT molecular complexity index is 863. The maximum Gasteiger partial charge on any atom is 0.322 e. The molecule has 0 radical (unpaired) electrons. The van der Waals surface area contributed by atoms with E-state index in [2.05, 4.69) is 16.0 Å². The van der Waals surface area contributed by atoms with E-state index in [1.165, 1.54) is 0 Å². The van der Waals surface area contributed by atoms with Gasteiger partial charge in [-0.2, -0.15) is 0 Å². The van der Waals surface area contributed by atoms with Crippen LogP contribution in [0.25, 0.3) is 0 Å². The molecule has 1 saturated heterocycles. The van der Waals surface area contributed by atoms with E-state index in [9.17, 15) is 14.4 Å². The zero-order chi connectivity index (χ0) is 18.7. The van der Waals surface area contributed by atoms with Crippen molar-refractivity contribution in [2.24, 2.45) is 0 Å². The summed E-state index contributed by atoms with van der Waals surface area (Å²) in [6.07, 6.45) is 0. The van der Waals surface area contributed by atoms with Crippen molar-refractivity contribution in [2.75, 3.05) is 12.4 Å². The monoisotopic (exact) mass is 353 g/mol. The van der Waals surface area contributed by atoms with E-state index in [0.717, 1.165) is 5.56 Å². The molecule has 1 aliphatic rings. The van der Waals surface area contributed by atoms with Gasteiger partial charge in [0.1, 0.15) is 5.54 Å². The van der Waals surface area contributed by atoms with E-state index in [4.69, 9.17) is 4.74 Å². The predicted octanol–water partition coefficient (Wildman–Crippen LogP) is 2.14. The van der Waals surface area contributed by atoms with Crippen molar-refractivity contribution in [3.63, 3.8) is 0 Å². The second-order valence-corrected chi connectivity index (χ2v) is 6.20. The molecular formula is C19H19N3O4. The minimum absolute atomic E-state index is 0.267. The third-order valence-electron chi connectivity index (χ3n) is 4.27. The van der Waals surface area contributed by atoms with Crippen molar-refractivity contribution in [2.45, 2.75) is 19.1 Å². The van der Waals surface area contributed by atoms with E-state index >= 15 is 0 Å². The summed E-state index contributed by atoms with van der Waals surface area (Å²) in [7, 11) is 1.61.